The summed E-state index contributed by atoms with van der Waals surface area (Å²) in [7, 11) is 0. The van der Waals surface area contributed by atoms with Crippen LogP contribution in [0.5, 0.6) is 0 Å². The van der Waals surface area contributed by atoms with Gasteiger partial charge in [0.15, 0.2) is 5.11 Å². The third-order valence-electron chi connectivity index (χ3n) is 5.16. The van der Waals surface area contributed by atoms with Crippen molar-refractivity contribution in [1.29, 1.82) is 0 Å². The monoisotopic (exact) mass is 459 g/mol. The summed E-state index contributed by atoms with van der Waals surface area (Å²) in [6.07, 6.45) is 4.10. The topological polar surface area (TPSA) is 27.6 Å². The zero-order valence-electron chi connectivity index (χ0n) is 17.9. The maximum absolute atomic E-state index is 6.34. The van der Waals surface area contributed by atoms with Crippen molar-refractivity contribution in [3.8, 4) is 0 Å². The molecule has 6 heteroatoms. The van der Waals surface area contributed by atoms with Gasteiger partial charge in [-0.05, 0) is 61.3 Å². The van der Waals surface area contributed by atoms with Crippen molar-refractivity contribution in [2.75, 3.05) is 4.90 Å². The van der Waals surface area contributed by atoms with Crippen molar-refractivity contribution in [3.05, 3.63) is 70.2 Å². The average Bonchev–Trinajstić information content (AvgIpc) is 2.87. The largest absolute Gasteiger partial charge is 0.319 e. The highest BCUT2D eigenvalue weighted by Gasteiger charge is 2.43. The molecule has 158 valence electrons. The zero-order chi connectivity index (χ0) is 22.1. The van der Waals surface area contributed by atoms with Gasteiger partial charge in [0.1, 0.15) is 5.84 Å². The molecule has 3 rings (SSSR count). The van der Waals surface area contributed by atoms with Gasteiger partial charge in [-0.15, -0.1) is 0 Å². The highest BCUT2D eigenvalue weighted by molar-refractivity contribution is 7.80. The van der Waals surface area contributed by atoms with Crippen LogP contribution < -0.4 is 10.2 Å². The lowest BCUT2D eigenvalue weighted by atomic mass is 9.86. The Morgan fingerprint density at radius 3 is 2.37 bits per heavy atom. The van der Waals surface area contributed by atoms with E-state index in [9.17, 15) is 0 Å². The third kappa shape index (κ3) is 4.88. The maximum atomic E-state index is 6.34. The van der Waals surface area contributed by atoms with Crippen molar-refractivity contribution in [3.63, 3.8) is 0 Å². The fourth-order valence-corrected chi connectivity index (χ4v) is 4.27. The predicted octanol–water partition coefficient (Wildman–Crippen LogP) is 6.99. The van der Waals surface area contributed by atoms with Crippen molar-refractivity contribution in [2.45, 2.75) is 46.2 Å². The van der Waals surface area contributed by atoms with E-state index in [-0.39, 0.29) is 11.5 Å². The molecular weight excluding hydrogens is 433 g/mol. The maximum Gasteiger partial charge on any atom is 0.179 e. The second kappa shape index (κ2) is 8.70. The standard InChI is InChI=1S/C24H27Cl2N3S/c1-23(2,3)20(14-12-16-11-13-17(25)15-19(16)26)27-21-24(4,5)29(22(30)28-21)18-9-7-6-8-10-18/h6-15,20H,1-5H3,(H,27,28,30). The molecule has 1 aliphatic heterocycles. The van der Waals surface area contributed by atoms with Gasteiger partial charge in [0.05, 0.1) is 11.6 Å². The number of nitrogens with one attached hydrogen (secondary N) is 1. The van der Waals surface area contributed by atoms with Crippen molar-refractivity contribution < 1.29 is 0 Å². The normalized spacial score (nSPS) is 18.8. The fraction of sp³-hybridized carbons (Fsp3) is 0.333. The van der Waals surface area contributed by atoms with Crippen molar-refractivity contribution in [1.82, 2.24) is 5.32 Å². The SMILES string of the molecule is CC(C)(C)C(C=Cc1ccc(Cl)cc1Cl)N=C1NC(=S)N(c2ccccc2)C1(C)C. The summed E-state index contributed by atoms with van der Waals surface area (Å²) in [6.45, 7) is 10.8. The summed E-state index contributed by atoms with van der Waals surface area (Å²) in [6, 6.07) is 15.6. The van der Waals surface area contributed by atoms with Gasteiger partial charge < -0.3 is 10.2 Å². The molecule has 1 atom stereocenters. The van der Waals surface area contributed by atoms with Gasteiger partial charge in [-0.3, -0.25) is 4.99 Å². The van der Waals surface area contributed by atoms with E-state index in [2.05, 4.69) is 63.0 Å². The summed E-state index contributed by atoms with van der Waals surface area (Å²) in [5, 5.41) is 5.24. The lowest BCUT2D eigenvalue weighted by Gasteiger charge is -2.32. The minimum atomic E-state index is -0.395. The second-order valence-electron chi connectivity index (χ2n) is 8.97. The van der Waals surface area contributed by atoms with Crippen LogP contribution in [-0.4, -0.2) is 22.5 Å². The van der Waals surface area contributed by atoms with Crippen LogP contribution in [0.4, 0.5) is 5.69 Å². The van der Waals surface area contributed by atoms with Crippen LogP contribution in [0.3, 0.4) is 0 Å². The third-order valence-corrected chi connectivity index (χ3v) is 6.00. The Balaban J connectivity index is 1.96. The Morgan fingerprint density at radius 2 is 1.77 bits per heavy atom. The Kier molecular flexibility index (Phi) is 6.61. The molecular formula is C24H27Cl2N3S. The first kappa shape index (κ1) is 22.8. The van der Waals surface area contributed by atoms with E-state index < -0.39 is 5.54 Å². The van der Waals surface area contributed by atoms with Crippen molar-refractivity contribution in [2.24, 2.45) is 10.4 Å². The molecule has 1 aliphatic rings. The molecule has 1 N–H and O–H groups in total. The van der Waals surface area contributed by atoms with E-state index in [1.54, 1.807) is 6.07 Å². The zero-order valence-corrected chi connectivity index (χ0v) is 20.2. The number of hydrogen-bond donors (Lipinski definition) is 1. The minimum Gasteiger partial charge on any atom is -0.319 e. The minimum absolute atomic E-state index is 0.0791. The number of hydrogen-bond acceptors (Lipinski definition) is 2. The van der Waals surface area contributed by atoms with Gasteiger partial charge in [0.25, 0.3) is 0 Å². The Bertz CT molecular complexity index is 991. The van der Waals surface area contributed by atoms with Gasteiger partial charge in [-0.1, -0.05) is 80.4 Å². The number of thiocarbonyl (C=S) groups is 1. The lowest BCUT2D eigenvalue weighted by Crippen LogP contribution is -2.45. The highest BCUT2D eigenvalue weighted by Crippen LogP contribution is 2.32. The molecule has 2 aromatic rings. The Morgan fingerprint density at radius 1 is 1.10 bits per heavy atom. The van der Waals surface area contributed by atoms with Gasteiger partial charge in [0, 0.05) is 15.7 Å². The van der Waals surface area contributed by atoms with Gasteiger partial charge >= 0.3 is 0 Å². The second-order valence-corrected chi connectivity index (χ2v) is 10.2. The fourth-order valence-electron chi connectivity index (χ4n) is 3.37. The molecule has 0 aromatic heterocycles. The van der Waals surface area contributed by atoms with E-state index in [0.717, 1.165) is 17.1 Å². The molecule has 3 nitrogen and oxygen atoms in total. The summed E-state index contributed by atoms with van der Waals surface area (Å²) in [5.74, 6) is 0.850. The quantitative estimate of drug-likeness (QED) is 0.498. The first-order chi connectivity index (χ1) is 14.0. The molecule has 0 spiro atoms. The molecule has 1 saturated heterocycles. The van der Waals surface area contributed by atoms with E-state index in [4.69, 9.17) is 40.4 Å². The summed E-state index contributed by atoms with van der Waals surface area (Å²) < 4.78 is 0. The number of para-hydroxylation sites is 1. The predicted molar refractivity (Wildman–Crippen MR) is 135 cm³/mol. The Hall–Kier alpha value is -1.88. The molecule has 1 fully saturated rings. The molecule has 1 heterocycles. The number of rotatable bonds is 4. The molecule has 0 amide bonds. The Labute approximate surface area is 194 Å². The van der Waals surface area contributed by atoms with E-state index >= 15 is 0 Å². The molecule has 0 bridgehead atoms. The molecule has 0 aliphatic carbocycles. The van der Waals surface area contributed by atoms with E-state index in [1.807, 2.05) is 36.4 Å². The van der Waals surface area contributed by atoms with Crippen LogP contribution in [0.25, 0.3) is 6.08 Å². The van der Waals surface area contributed by atoms with Crippen LogP contribution >= 0.6 is 35.4 Å². The van der Waals surface area contributed by atoms with Gasteiger partial charge in [-0.2, -0.15) is 0 Å². The highest BCUT2D eigenvalue weighted by atomic mass is 35.5. The molecule has 0 saturated carbocycles. The van der Waals surface area contributed by atoms with Crippen LogP contribution in [0, 0.1) is 5.41 Å². The van der Waals surface area contributed by atoms with Crippen molar-refractivity contribution >= 4 is 58.1 Å². The molecule has 1 unspecified atom stereocenters. The number of aliphatic imine (C=N–C) groups is 1. The van der Waals surface area contributed by atoms with Crippen LogP contribution in [-0.2, 0) is 0 Å². The average molecular weight is 460 g/mol. The first-order valence-electron chi connectivity index (χ1n) is 9.88. The molecule has 0 radical (unpaired) electrons. The molecule has 2 aromatic carbocycles. The molecule has 30 heavy (non-hydrogen) atoms. The van der Waals surface area contributed by atoms with Gasteiger partial charge in [-0.25, -0.2) is 0 Å². The number of benzene rings is 2. The smallest absolute Gasteiger partial charge is 0.179 e. The van der Waals surface area contributed by atoms with Crippen LogP contribution in [0.2, 0.25) is 10.0 Å². The van der Waals surface area contributed by atoms with E-state index in [1.165, 1.54) is 0 Å². The first-order valence-corrected chi connectivity index (χ1v) is 11.0. The lowest BCUT2D eigenvalue weighted by molar-refractivity contribution is 0.367. The number of halogens is 2. The van der Waals surface area contributed by atoms with Gasteiger partial charge in [0.2, 0.25) is 0 Å². The number of nitrogens with zero attached hydrogens (tertiary/aromatic N) is 2. The number of anilines is 1. The summed E-state index contributed by atoms with van der Waals surface area (Å²) in [5.41, 5.74) is 1.46. The number of amidine groups is 1. The van der Waals surface area contributed by atoms with Crippen LogP contribution in [0.15, 0.2) is 59.6 Å². The van der Waals surface area contributed by atoms with Crippen LogP contribution in [0.1, 0.15) is 40.2 Å². The summed E-state index contributed by atoms with van der Waals surface area (Å²) >= 11 is 18.0. The summed E-state index contributed by atoms with van der Waals surface area (Å²) in [4.78, 5) is 7.22. The van der Waals surface area contributed by atoms with E-state index in [0.29, 0.717) is 15.2 Å².